The molecule has 0 aromatic heterocycles. The second-order valence-electron chi connectivity index (χ2n) is 6.48. The fraction of sp³-hybridized carbons (Fsp3) is 0.263. The van der Waals surface area contributed by atoms with Crippen LogP contribution in [0.1, 0.15) is 19.8 Å². The van der Waals surface area contributed by atoms with E-state index in [1.807, 2.05) is 0 Å². The number of halogens is 1. The average molecular weight is 405 g/mol. The summed E-state index contributed by atoms with van der Waals surface area (Å²) in [7, 11) is -3.88. The Kier molecular flexibility index (Phi) is 5.76. The van der Waals surface area contributed by atoms with E-state index in [9.17, 15) is 22.4 Å². The monoisotopic (exact) mass is 405 g/mol. The topological polar surface area (TPSA) is 95.6 Å². The van der Waals surface area contributed by atoms with Crippen molar-refractivity contribution in [2.24, 2.45) is 0 Å². The van der Waals surface area contributed by atoms with Crippen LogP contribution in [-0.4, -0.2) is 37.1 Å². The van der Waals surface area contributed by atoms with E-state index in [1.165, 1.54) is 59.8 Å². The maximum absolute atomic E-state index is 13.0. The predicted octanol–water partition coefficient (Wildman–Crippen LogP) is 2.58. The average Bonchev–Trinajstić information content (AvgIpc) is 3.14. The van der Waals surface area contributed by atoms with Gasteiger partial charge in [-0.15, -0.1) is 0 Å². The maximum Gasteiger partial charge on any atom is 0.243 e. The summed E-state index contributed by atoms with van der Waals surface area (Å²) in [5.41, 5.74) is 0.883. The normalized spacial score (nSPS) is 17.3. The van der Waals surface area contributed by atoms with Crippen LogP contribution in [0.4, 0.5) is 15.8 Å². The second-order valence-corrected chi connectivity index (χ2v) is 8.37. The summed E-state index contributed by atoms with van der Waals surface area (Å²) in [6.45, 7) is 1.59. The van der Waals surface area contributed by atoms with Crippen molar-refractivity contribution < 1.29 is 22.4 Å². The van der Waals surface area contributed by atoms with Gasteiger partial charge in [0, 0.05) is 24.8 Å². The van der Waals surface area contributed by atoms with Crippen molar-refractivity contribution in [2.45, 2.75) is 30.7 Å². The molecular formula is C19H20FN3O4S. The number of rotatable bonds is 5. The molecule has 1 aliphatic rings. The molecule has 28 heavy (non-hydrogen) atoms. The lowest BCUT2D eigenvalue weighted by atomic mass is 10.2. The molecule has 0 spiro atoms. The van der Waals surface area contributed by atoms with Gasteiger partial charge in [0.1, 0.15) is 11.9 Å². The Morgan fingerprint density at radius 3 is 2.18 bits per heavy atom. The van der Waals surface area contributed by atoms with Crippen LogP contribution in [-0.2, 0) is 19.6 Å². The molecule has 1 atom stereocenters. The largest absolute Gasteiger partial charge is 0.326 e. The quantitative estimate of drug-likeness (QED) is 0.799. The van der Waals surface area contributed by atoms with E-state index in [4.69, 9.17) is 0 Å². The van der Waals surface area contributed by atoms with Gasteiger partial charge in [-0.2, -0.15) is 4.31 Å². The third kappa shape index (κ3) is 4.37. The zero-order chi connectivity index (χ0) is 20.3. The predicted molar refractivity (Wildman–Crippen MR) is 103 cm³/mol. The second kappa shape index (κ2) is 8.07. The minimum absolute atomic E-state index is 0.0445. The molecule has 2 aromatic rings. The molecular weight excluding hydrogens is 385 g/mol. The lowest BCUT2D eigenvalue weighted by molar-refractivity contribution is -0.119. The van der Waals surface area contributed by atoms with Crippen LogP contribution in [0.25, 0.3) is 0 Å². The SMILES string of the molecule is CC(=O)Nc1ccc(S(=O)(=O)N2CCC[C@@H]2C(=O)Nc2ccc(F)cc2)cc1. The van der Waals surface area contributed by atoms with Crippen LogP contribution in [0.15, 0.2) is 53.4 Å². The molecule has 1 aliphatic heterocycles. The minimum Gasteiger partial charge on any atom is -0.326 e. The minimum atomic E-state index is -3.88. The highest BCUT2D eigenvalue weighted by Gasteiger charge is 2.39. The zero-order valence-corrected chi connectivity index (χ0v) is 16.0. The molecule has 1 fully saturated rings. The molecule has 148 valence electrons. The molecule has 2 aromatic carbocycles. The third-order valence-electron chi connectivity index (χ3n) is 4.40. The van der Waals surface area contributed by atoms with Gasteiger partial charge in [-0.3, -0.25) is 9.59 Å². The Labute approximate surface area is 162 Å². The van der Waals surface area contributed by atoms with Gasteiger partial charge in [0.25, 0.3) is 0 Å². The summed E-state index contributed by atoms with van der Waals surface area (Å²) in [5, 5.41) is 5.21. The van der Waals surface area contributed by atoms with E-state index in [0.29, 0.717) is 24.2 Å². The number of anilines is 2. The summed E-state index contributed by atoms with van der Waals surface area (Å²) in [6, 6.07) is 10.2. The van der Waals surface area contributed by atoms with Gasteiger partial charge in [-0.25, -0.2) is 12.8 Å². The molecule has 0 bridgehead atoms. The van der Waals surface area contributed by atoms with Crippen LogP contribution < -0.4 is 10.6 Å². The Morgan fingerprint density at radius 2 is 1.57 bits per heavy atom. The first-order valence-corrected chi connectivity index (χ1v) is 10.2. The molecule has 0 radical (unpaired) electrons. The summed E-state index contributed by atoms with van der Waals surface area (Å²) < 4.78 is 40.2. The zero-order valence-electron chi connectivity index (χ0n) is 15.2. The van der Waals surface area contributed by atoms with Gasteiger partial charge in [-0.1, -0.05) is 0 Å². The van der Waals surface area contributed by atoms with E-state index in [0.717, 1.165) is 0 Å². The molecule has 2 amide bonds. The number of sulfonamides is 1. The van der Waals surface area contributed by atoms with E-state index in [2.05, 4.69) is 10.6 Å². The van der Waals surface area contributed by atoms with Crippen molar-refractivity contribution in [1.82, 2.24) is 4.31 Å². The smallest absolute Gasteiger partial charge is 0.243 e. The van der Waals surface area contributed by atoms with Crippen LogP contribution in [0.3, 0.4) is 0 Å². The van der Waals surface area contributed by atoms with Crippen molar-refractivity contribution in [2.75, 3.05) is 17.2 Å². The molecule has 1 heterocycles. The van der Waals surface area contributed by atoms with E-state index in [-0.39, 0.29) is 17.3 Å². The summed E-state index contributed by atoms with van der Waals surface area (Å²) in [4.78, 5) is 23.7. The maximum atomic E-state index is 13.0. The Balaban J connectivity index is 1.77. The number of carbonyl (C=O) groups excluding carboxylic acids is 2. The van der Waals surface area contributed by atoms with Crippen molar-refractivity contribution in [3.05, 3.63) is 54.3 Å². The number of amides is 2. The van der Waals surface area contributed by atoms with Crippen LogP contribution in [0.5, 0.6) is 0 Å². The number of carbonyl (C=O) groups is 2. The molecule has 3 rings (SSSR count). The molecule has 2 N–H and O–H groups in total. The van der Waals surface area contributed by atoms with Crippen molar-refractivity contribution in [1.29, 1.82) is 0 Å². The van der Waals surface area contributed by atoms with E-state index in [1.54, 1.807) is 0 Å². The summed E-state index contributed by atoms with van der Waals surface area (Å²) in [5.74, 6) is -1.14. The van der Waals surface area contributed by atoms with Crippen LogP contribution in [0.2, 0.25) is 0 Å². The highest BCUT2D eigenvalue weighted by molar-refractivity contribution is 7.89. The van der Waals surface area contributed by atoms with Crippen LogP contribution in [0, 0.1) is 5.82 Å². The Hall–Kier alpha value is -2.78. The first kappa shape index (κ1) is 20.0. The van der Waals surface area contributed by atoms with Crippen molar-refractivity contribution >= 4 is 33.2 Å². The van der Waals surface area contributed by atoms with Gasteiger partial charge in [0.05, 0.1) is 4.90 Å². The van der Waals surface area contributed by atoms with Crippen LogP contribution >= 0.6 is 0 Å². The van der Waals surface area contributed by atoms with E-state index >= 15 is 0 Å². The number of benzene rings is 2. The molecule has 1 saturated heterocycles. The molecule has 0 saturated carbocycles. The number of hydrogen-bond donors (Lipinski definition) is 2. The van der Waals surface area contributed by atoms with Crippen molar-refractivity contribution in [3.8, 4) is 0 Å². The lowest BCUT2D eigenvalue weighted by Crippen LogP contribution is -2.43. The van der Waals surface area contributed by atoms with Gasteiger partial charge in [-0.05, 0) is 61.4 Å². The molecule has 7 nitrogen and oxygen atoms in total. The van der Waals surface area contributed by atoms with Gasteiger partial charge in [0.2, 0.25) is 21.8 Å². The third-order valence-corrected chi connectivity index (χ3v) is 6.32. The lowest BCUT2D eigenvalue weighted by Gasteiger charge is -2.23. The number of hydrogen-bond acceptors (Lipinski definition) is 4. The fourth-order valence-corrected chi connectivity index (χ4v) is 4.75. The summed E-state index contributed by atoms with van der Waals surface area (Å²) in [6.07, 6.45) is 0.959. The standard InChI is InChI=1S/C19H20FN3O4S/c1-13(24)21-15-8-10-17(11-9-15)28(26,27)23-12-2-3-18(23)19(25)22-16-6-4-14(20)5-7-16/h4-11,18H,2-3,12H2,1H3,(H,21,24)(H,22,25)/t18-/m1/s1. The fourth-order valence-electron chi connectivity index (χ4n) is 3.10. The first-order valence-electron chi connectivity index (χ1n) is 8.73. The molecule has 9 heteroatoms. The van der Waals surface area contributed by atoms with Gasteiger partial charge in [0.15, 0.2) is 0 Å². The highest BCUT2D eigenvalue weighted by atomic mass is 32.2. The Morgan fingerprint density at radius 1 is 1.00 bits per heavy atom. The number of nitrogens with one attached hydrogen (secondary N) is 2. The highest BCUT2D eigenvalue weighted by Crippen LogP contribution is 2.27. The number of nitrogens with zero attached hydrogens (tertiary/aromatic N) is 1. The van der Waals surface area contributed by atoms with E-state index < -0.39 is 27.8 Å². The molecule has 0 aliphatic carbocycles. The first-order chi connectivity index (χ1) is 13.3. The van der Waals surface area contributed by atoms with Gasteiger partial charge < -0.3 is 10.6 Å². The molecule has 0 unspecified atom stereocenters. The van der Waals surface area contributed by atoms with Gasteiger partial charge >= 0.3 is 0 Å². The summed E-state index contributed by atoms with van der Waals surface area (Å²) >= 11 is 0. The Bertz CT molecular complexity index is 975. The van der Waals surface area contributed by atoms with Crippen molar-refractivity contribution in [3.63, 3.8) is 0 Å².